The Labute approximate surface area is 169 Å². The Kier molecular flexibility index (Phi) is 6.47. The van der Waals surface area contributed by atoms with Crippen molar-refractivity contribution in [1.29, 1.82) is 0 Å². The molecule has 0 aromatic heterocycles. The van der Waals surface area contributed by atoms with Gasteiger partial charge in [-0.1, -0.05) is 38.0 Å². The first kappa shape index (κ1) is 21.3. The number of nitrogens with zero attached hydrogens (tertiary/aromatic N) is 3. The van der Waals surface area contributed by atoms with Gasteiger partial charge in [0.2, 0.25) is 15.9 Å². The highest BCUT2D eigenvalue weighted by molar-refractivity contribution is 7.89. The summed E-state index contributed by atoms with van der Waals surface area (Å²) in [7, 11) is -3.66. The van der Waals surface area contributed by atoms with Gasteiger partial charge in [0.25, 0.3) is 0 Å². The first-order chi connectivity index (χ1) is 13.2. The van der Waals surface area contributed by atoms with Gasteiger partial charge in [-0.15, -0.1) is 0 Å². The molecule has 1 aromatic carbocycles. The number of piperidine rings is 1. The first-order valence-electron chi connectivity index (χ1n) is 10.3. The molecule has 0 bridgehead atoms. The van der Waals surface area contributed by atoms with E-state index in [1.165, 1.54) is 10.7 Å². The monoisotopic (exact) mass is 407 g/mol. The van der Waals surface area contributed by atoms with E-state index >= 15 is 0 Å². The number of hydrogen-bond acceptors (Lipinski definition) is 4. The molecule has 0 saturated carbocycles. The van der Waals surface area contributed by atoms with Crippen LogP contribution in [-0.4, -0.2) is 66.8 Å². The van der Waals surface area contributed by atoms with Crippen molar-refractivity contribution in [2.75, 3.05) is 26.2 Å². The number of carbonyl (C=O) groups excluding carboxylic acids is 1. The number of likely N-dealkylation sites (tertiary alicyclic amines) is 1. The molecule has 7 heteroatoms. The number of carbonyl (C=O) groups is 1. The lowest BCUT2D eigenvalue weighted by molar-refractivity contribution is -0.137. The molecule has 0 spiro atoms. The third kappa shape index (κ3) is 4.26. The molecule has 1 aromatic rings. The van der Waals surface area contributed by atoms with Crippen molar-refractivity contribution in [2.45, 2.75) is 64.1 Å². The van der Waals surface area contributed by atoms with Gasteiger partial charge in [-0.25, -0.2) is 8.42 Å². The van der Waals surface area contributed by atoms with Crippen LogP contribution in [0.5, 0.6) is 0 Å². The van der Waals surface area contributed by atoms with Crippen LogP contribution >= 0.6 is 0 Å². The van der Waals surface area contributed by atoms with E-state index in [4.69, 9.17) is 0 Å². The molecule has 2 aliphatic rings. The maximum Gasteiger partial charge on any atom is 0.244 e. The van der Waals surface area contributed by atoms with Crippen LogP contribution in [0, 0.1) is 12.8 Å². The Hall–Kier alpha value is -1.44. The molecule has 1 amide bonds. The second-order valence-electron chi connectivity index (χ2n) is 8.53. The minimum atomic E-state index is -3.66. The summed E-state index contributed by atoms with van der Waals surface area (Å²) in [5.74, 6) is 0.0465. The summed E-state index contributed by atoms with van der Waals surface area (Å²) < 4.78 is 28.2. The van der Waals surface area contributed by atoms with Gasteiger partial charge in [0.1, 0.15) is 6.17 Å². The number of benzene rings is 1. The zero-order valence-electron chi connectivity index (χ0n) is 17.5. The van der Waals surface area contributed by atoms with Gasteiger partial charge in [0.15, 0.2) is 0 Å². The fourth-order valence-electron chi connectivity index (χ4n) is 4.38. The zero-order chi connectivity index (χ0) is 20.5. The van der Waals surface area contributed by atoms with Crippen LogP contribution in [0.3, 0.4) is 0 Å². The molecule has 2 atom stereocenters. The third-order valence-electron chi connectivity index (χ3n) is 5.82. The predicted octanol–water partition coefficient (Wildman–Crippen LogP) is 2.68. The first-order valence-corrected chi connectivity index (χ1v) is 11.8. The Balaban J connectivity index is 1.85. The molecule has 2 saturated heterocycles. The Morgan fingerprint density at radius 3 is 2.29 bits per heavy atom. The fourth-order valence-corrected chi connectivity index (χ4v) is 6.17. The topological polar surface area (TPSA) is 60.9 Å². The molecule has 0 N–H and O–H groups in total. The van der Waals surface area contributed by atoms with Gasteiger partial charge in [-0.3, -0.25) is 9.69 Å². The molecule has 2 fully saturated rings. The van der Waals surface area contributed by atoms with E-state index in [-0.39, 0.29) is 17.9 Å². The van der Waals surface area contributed by atoms with E-state index in [1.807, 2.05) is 44.7 Å². The molecule has 2 heterocycles. The van der Waals surface area contributed by atoms with Crippen LogP contribution in [0.1, 0.15) is 45.6 Å². The second kappa shape index (κ2) is 8.51. The van der Waals surface area contributed by atoms with Crippen molar-refractivity contribution in [2.24, 2.45) is 5.92 Å². The van der Waals surface area contributed by atoms with E-state index in [9.17, 15) is 13.2 Å². The number of hydrogen-bond donors (Lipinski definition) is 0. The number of aryl methyl sites for hydroxylation is 1. The van der Waals surface area contributed by atoms with Crippen molar-refractivity contribution >= 4 is 15.9 Å². The fraction of sp³-hybridized carbons (Fsp3) is 0.667. The molecule has 6 nitrogen and oxygen atoms in total. The van der Waals surface area contributed by atoms with Crippen molar-refractivity contribution in [3.8, 4) is 0 Å². The minimum absolute atomic E-state index is 0.00970. The van der Waals surface area contributed by atoms with Crippen LogP contribution < -0.4 is 0 Å². The van der Waals surface area contributed by atoms with E-state index in [0.717, 1.165) is 31.5 Å². The lowest BCUT2D eigenvalue weighted by Crippen LogP contribution is -2.51. The van der Waals surface area contributed by atoms with Crippen molar-refractivity contribution in [3.63, 3.8) is 0 Å². The lowest BCUT2D eigenvalue weighted by Gasteiger charge is -2.35. The molecule has 0 radical (unpaired) electrons. The Morgan fingerprint density at radius 2 is 1.71 bits per heavy atom. The van der Waals surface area contributed by atoms with Gasteiger partial charge < -0.3 is 4.90 Å². The summed E-state index contributed by atoms with van der Waals surface area (Å²) in [5.41, 5.74) is 1.02. The number of amides is 1. The van der Waals surface area contributed by atoms with Gasteiger partial charge in [-0.2, -0.15) is 4.31 Å². The highest BCUT2D eigenvalue weighted by Crippen LogP contribution is 2.32. The smallest absolute Gasteiger partial charge is 0.244 e. The summed E-state index contributed by atoms with van der Waals surface area (Å²) in [6, 6.07) is 6.81. The van der Waals surface area contributed by atoms with Crippen LogP contribution in [0.15, 0.2) is 29.2 Å². The Morgan fingerprint density at radius 1 is 1.11 bits per heavy atom. The molecule has 156 valence electrons. The second-order valence-corrected chi connectivity index (χ2v) is 10.4. The summed E-state index contributed by atoms with van der Waals surface area (Å²) in [6.45, 7) is 10.5. The van der Waals surface area contributed by atoms with Gasteiger partial charge in [0.05, 0.1) is 11.4 Å². The lowest BCUT2D eigenvalue weighted by atomic mass is 10.1. The summed E-state index contributed by atoms with van der Waals surface area (Å²) >= 11 is 0. The number of sulfonamides is 1. The zero-order valence-corrected chi connectivity index (χ0v) is 18.3. The van der Waals surface area contributed by atoms with Gasteiger partial charge in [-0.05, 0) is 57.8 Å². The van der Waals surface area contributed by atoms with Crippen LogP contribution in [0.4, 0.5) is 0 Å². The quantitative estimate of drug-likeness (QED) is 0.753. The van der Waals surface area contributed by atoms with Crippen molar-refractivity contribution < 1.29 is 13.2 Å². The molecular weight excluding hydrogens is 374 g/mol. The maximum atomic E-state index is 13.3. The van der Waals surface area contributed by atoms with Crippen LogP contribution in [0.2, 0.25) is 0 Å². The SMILES string of the molecule is Cc1ccc(S(=O)(=O)N2CC(C)N(C(=O)CN3CCCCC3)C2C(C)C)cc1. The largest absolute Gasteiger partial charge is 0.321 e. The minimum Gasteiger partial charge on any atom is -0.321 e. The van der Waals surface area contributed by atoms with E-state index in [1.54, 1.807) is 12.1 Å². The highest BCUT2D eigenvalue weighted by atomic mass is 32.2. The van der Waals surface area contributed by atoms with E-state index in [0.29, 0.717) is 18.0 Å². The number of rotatable bonds is 5. The van der Waals surface area contributed by atoms with Crippen molar-refractivity contribution in [1.82, 2.24) is 14.1 Å². The van der Waals surface area contributed by atoms with Gasteiger partial charge in [0, 0.05) is 12.6 Å². The normalized spacial score (nSPS) is 24.8. The van der Waals surface area contributed by atoms with E-state index in [2.05, 4.69) is 4.90 Å². The predicted molar refractivity (Wildman–Crippen MR) is 110 cm³/mol. The standard InChI is InChI=1S/C21H33N3O3S/c1-16(2)21-23(28(26,27)19-10-8-17(3)9-11-19)14-18(4)24(21)20(25)15-22-12-6-5-7-13-22/h8-11,16,18,21H,5-7,12-15H2,1-4H3. The molecule has 2 unspecified atom stereocenters. The summed E-state index contributed by atoms with van der Waals surface area (Å²) in [5, 5.41) is 0. The third-order valence-corrected chi connectivity index (χ3v) is 7.67. The molecule has 28 heavy (non-hydrogen) atoms. The summed E-state index contributed by atoms with van der Waals surface area (Å²) in [6.07, 6.45) is 3.04. The van der Waals surface area contributed by atoms with Crippen LogP contribution in [-0.2, 0) is 14.8 Å². The van der Waals surface area contributed by atoms with Gasteiger partial charge >= 0.3 is 0 Å². The average Bonchev–Trinajstić information content (AvgIpc) is 3.01. The maximum absolute atomic E-state index is 13.3. The average molecular weight is 408 g/mol. The summed E-state index contributed by atoms with van der Waals surface area (Å²) in [4.78, 5) is 17.5. The van der Waals surface area contributed by atoms with Crippen LogP contribution in [0.25, 0.3) is 0 Å². The Bertz CT molecular complexity index is 786. The van der Waals surface area contributed by atoms with E-state index < -0.39 is 16.2 Å². The molecular formula is C21H33N3O3S. The molecule has 3 rings (SSSR count). The molecule has 2 aliphatic heterocycles. The van der Waals surface area contributed by atoms with Crippen molar-refractivity contribution in [3.05, 3.63) is 29.8 Å². The molecule has 0 aliphatic carbocycles. The highest BCUT2D eigenvalue weighted by Gasteiger charge is 2.47.